The van der Waals surface area contributed by atoms with Gasteiger partial charge in [-0.25, -0.2) is 5.01 Å². The molecule has 0 unspecified atom stereocenters. The fourth-order valence-electron chi connectivity index (χ4n) is 2.74. The molecule has 2 aliphatic rings. The van der Waals surface area contributed by atoms with Gasteiger partial charge in [-0.3, -0.25) is 5.43 Å². The molecule has 0 amide bonds. The predicted octanol–water partition coefficient (Wildman–Crippen LogP) is 1.86. The molecule has 1 saturated heterocycles. The van der Waals surface area contributed by atoms with Crippen LogP contribution in [0.25, 0.3) is 0 Å². The highest BCUT2D eigenvalue weighted by Gasteiger charge is 2.41. The van der Waals surface area contributed by atoms with Gasteiger partial charge in [-0.2, -0.15) is 13.2 Å². The van der Waals surface area contributed by atoms with Gasteiger partial charge in [-0.05, 0) is 32.7 Å². The molecule has 2 fully saturated rings. The van der Waals surface area contributed by atoms with Crippen LogP contribution in [0.4, 0.5) is 13.2 Å². The molecule has 0 aromatic carbocycles. The van der Waals surface area contributed by atoms with Gasteiger partial charge >= 0.3 is 6.18 Å². The molecule has 18 heavy (non-hydrogen) atoms. The summed E-state index contributed by atoms with van der Waals surface area (Å²) in [5.74, 6) is -1.08. The molecule has 0 spiro atoms. The van der Waals surface area contributed by atoms with Gasteiger partial charge in [0.15, 0.2) is 0 Å². The first kappa shape index (κ1) is 14.1. The van der Waals surface area contributed by atoms with E-state index in [1.807, 2.05) is 0 Å². The van der Waals surface area contributed by atoms with Crippen molar-refractivity contribution in [1.82, 2.24) is 15.3 Å². The molecule has 1 aliphatic heterocycles. The molecule has 1 saturated carbocycles. The molecular weight excluding hydrogens is 243 g/mol. The fraction of sp³-hybridized carbons (Fsp3) is 1.00. The van der Waals surface area contributed by atoms with Crippen molar-refractivity contribution in [2.75, 3.05) is 33.2 Å². The first-order valence-corrected chi connectivity index (χ1v) is 6.71. The number of rotatable bonds is 2. The van der Waals surface area contributed by atoms with Gasteiger partial charge in [-0.1, -0.05) is 0 Å². The van der Waals surface area contributed by atoms with Crippen molar-refractivity contribution in [3.05, 3.63) is 0 Å². The molecule has 6 heteroatoms. The molecule has 1 heterocycles. The van der Waals surface area contributed by atoms with E-state index in [1.54, 1.807) is 0 Å². The molecule has 1 aliphatic carbocycles. The van der Waals surface area contributed by atoms with Gasteiger partial charge in [0.05, 0.1) is 5.92 Å². The van der Waals surface area contributed by atoms with E-state index in [2.05, 4.69) is 22.4 Å². The average Bonchev–Trinajstić information content (AvgIpc) is 2.32. The summed E-state index contributed by atoms with van der Waals surface area (Å²) in [5.41, 5.74) is 3.39. The Kier molecular flexibility index (Phi) is 4.50. The zero-order chi connectivity index (χ0) is 13.2. The number of hydrazine groups is 1. The Balaban J connectivity index is 1.70. The standard InChI is InChI=1S/C12H22F3N3/c1-17-6-8-18(9-7-17)16-11-4-2-10(3-5-11)12(13,14)15/h10-11,16H,2-9H2,1H3. The van der Waals surface area contributed by atoms with E-state index in [-0.39, 0.29) is 18.9 Å². The Labute approximate surface area is 106 Å². The van der Waals surface area contributed by atoms with Crippen LogP contribution >= 0.6 is 0 Å². The van der Waals surface area contributed by atoms with Crippen LogP contribution in [0.2, 0.25) is 0 Å². The summed E-state index contributed by atoms with van der Waals surface area (Å²) < 4.78 is 37.6. The molecule has 106 valence electrons. The summed E-state index contributed by atoms with van der Waals surface area (Å²) in [7, 11) is 2.09. The summed E-state index contributed by atoms with van der Waals surface area (Å²) >= 11 is 0. The number of piperazine rings is 1. The third-order valence-corrected chi connectivity index (χ3v) is 4.06. The molecule has 1 N–H and O–H groups in total. The van der Waals surface area contributed by atoms with Crippen molar-refractivity contribution in [3.63, 3.8) is 0 Å². The van der Waals surface area contributed by atoms with E-state index >= 15 is 0 Å². The van der Waals surface area contributed by atoms with Gasteiger partial charge in [0.25, 0.3) is 0 Å². The highest BCUT2D eigenvalue weighted by Crippen LogP contribution is 2.37. The van der Waals surface area contributed by atoms with E-state index in [9.17, 15) is 13.2 Å². The van der Waals surface area contributed by atoms with Crippen molar-refractivity contribution >= 4 is 0 Å². The molecule has 3 nitrogen and oxygen atoms in total. The Morgan fingerprint density at radius 3 is 2.00 bits per heavy atom. The summed E-state index contributed by atoms with van der Waals surface area (Å²) in [5, 5.41) is 2.17. The van der Waals surface area contributed by atoms with E-state index < -0.39 is 12.1 Å². The second-order valence-electron chi connectivity index (χ2n) is 5.51. The Morgan fingerprint density at radius 1 is 0.944 bits per heavy atom. The van der Waals surface area contributed by atoms with Crippen LogP contribution in [0.5, 0.6) is 0 Å². The maximum atomic E-state index is 12.5. The quantitative estimate of drug-likeness (QED) is 0.822. The fourth-order valence-corrected chi connectivity index (χ4v) is 2.74. The molecule has 0 aromatic rings. The zero-order valence-corrected chi connectivity index (χ0v) is 10.8. The summed E-state index contributed by atoms with van der Waals surface area (Å²) in [6, 6.07) is 0.229. The number of nitrogens with zero attached hydrogens (tertiary/aromatic N) is 2. The number of likely N-dealkylation sites (N-methyl/N-ethyl adjacent to an activating group) is 1. The summed E-state index contributed by atoms with van der Waals surface area (Å²) in [6.45, 7) is 3.95. The van der Waals surface area contributed by atoms with E-state index in [0.717, 1.165) is 26.2 Å². The Bertz CT molecular complexity index is 254. The van der Waals surface area contributed by atoms with Gasteiger partial charge < -0.3 is 4.90 Å². The van der Waals surface area contributed by atoms with E-state index in [0.29, 0.717) is 12.8 Å². The minimum absolute atomic E-state index is 0.229. The largest absolute Gasteiger partial charge is 0.391 e. The normalized spacial score (nSPS) is 32.7. The zero-order valence-electron chi connectivity index (χ0n) is 10.8. The lowest BCUT2D eigenvalue weighted by Gasteiger charge is -2.38. The lowest BCUT2D eigenvalue weighted by Crippen LogP contribution is -2.54. The van der Waals surface area contributed by atoms with Crippen molar-refractivity contribution in [1.29, 1.82) is 0 Å². The first-order valence-electron chi connectivity index (χ1n) is 6.71. The van der Waals surface area contributed by atoms with Crippen LogP contribution in [0.15, 0.2) is 0 Å². The smallest absolute Gasteiger partial charge is 0.304 e. The second-order valence-corrected chi connectivity index (χ2v) is 5.51. The van der Waals surface area contributed by atoms with Crippen molar-refractivity contribution < 1.29 is 13.2 Å². The van der Waals surface area contributed by atoms with Crippen LogP contribution in [-0.4, -0.2) is 55.4 Å². The monoisotopic (exact) mass is 265 g/mol. The lowest BCUT2D eigenvalue weighted by atomic mass is 9.86. The number of halogens is 3. The molecule has 0 bridgehead atoms. The maximum Gasteiger partial charge on any atom is 0.391 e. The van der Waals surface area contributed by atoms with E-state index in [4.69, 9.17) is 0 Å². The number of hydrogen-bond donors (Lipinski definition) is 1. The Hall–Kier alpha value is -0.330. The molecule has 0 aromatic heterocycles. The van der Waals surface area contributed by atoms with Crippen LogP contribution in [0.1, 0.15) is 25.7 Å². The van der Waals surface area contributed by atoms with Crippen LogP contribution in [0.3, 0.4) is 0 Å². The van der Waals surface area contributed by atoms with Gasteiger partial charge in [0, 0.05) is 32.2 Å². The third kappa shape index (κ3) is 3.83. The molecule has 0 radical (unpaired) electrons. The second kappa shape index (κ2) is 5.75. The minimum atomic E-state index is -4.00. The van der Waals surface area contributed by atoms with E-state index in [1.165, 1.54) is 0 Å². The maximum absolute atomic E-state index is 12.5. The highest BCUT2D eigenvalue weighted by molar-refractivity contribution is 4.81. The Morgan fingerprint density at radius 2 is 1.50 bits per heavy atom. The molecule has 0 atom stereocenters. The minimum Gasteiger partial charge on any atom is -0.304 e. The molecular formula is C12H22F3N3. The van der Waals surface area contributed by atoms with Crippen LogP contribution < -0.4 is 5.43 Å². The van der Waals surface area contributed by atoms with Gasteiger partial charge in [0.1, 0.15) is 0 Å². The predicted molar refractivity (Wildman–Crippen MR) is 64.0 cm³/mol. The van der Waals surface area contributed by atoms with Crippen molar-refractivity contribution in [2.45, 2.75) is 37.9 Å². The number of nitrogens with one attached hydrogen (secondary N) is 1. The number of alkyl halides is 3. The van der Waals surface area contributed by atoms with Crippen LogP contribution in [-0.2, 0) is 0 Å². The average molecular weight is 265 g/mol. The third-order valence-electron chi connectivity index (χ3n) is 4.06. The topological polar surface area (TPSA) is 18.5 Å². The molecule has 2 rings (SSSR count). The van der Waals surface area contributed by atoms with Crippen molar-refractivity contribution in [3.8, 4) is 0 Å². The summed E-state index contributed by atoms with van der Waals surface area (Å²) in [4.78, 5) is 2.26. The SMILES string of the molecule is CN1CCN(NC2CCC(C(F)(F)F)CC2)CC1. The van der Waals surface area contributed by atoms with Gasteiger partial charge in [0.2, 0.25) is 0 Å². The first-order chi connectivity index (χ1) is 8.45. The van der Waals surface area contributed by atoms with Crippen molar-refractivity contribution in [2.24, 2.45) is 5.92 Å². The lowest BCUT2D eigenvalue weighted by molar-refractivity contribution is -0.183. The number of hydrogen-bond acceptors (Lipinski definition) is 3. The highest BCUT2D eigenvalue weighted by atomic mass is 19.4. The van der Waals surface area contributed by atoms with Crippen LogP contribution in [0, 0.1) is 5.92 Å². The summed E-state index contributed by atoms with van der Waals surface area (Å²) in [6.07, 6.45) is -2.18. The van der Waals surface area contributed by atoms with Gasteiger partial charge in [-0.15, -0.1) is 0 Å².